The van der Waals surface area contributed by atoms with E-state index in [0.29, 0.717) is 19.0 Å². The minimum atomic E-state index is -0.478. The van der Waals surface area contributed by atoms with Crippen molar-refractivity contribution in [2.24, 2.45) is 11.7 Å². The fourth-order valence-corrected chi connectivity index (χ4v) is 1.22. The summed E-state index contributed by atoms with van der Waals surface area (Å²) in [5, 5.41) is 0. The van der Waals surface area contributed by atoms with Gasteiger partial charge in [0.1, 0.15) is 6.54 Å². The van der Waals surface area contributed by atoms with Crippen LogP contribution < -0.4 is 5.73 Å². The molecule has 0 rings (SSSR count). The van der Waals surface area contributed by atoms with E-state index in [1.165, 1.54) is 4.90 Å². The number of carbonyl (C=O) groups is 2. The molecule has 0 aromatic heterocycles. The van der Waals surface area contributed by atoms with Crippen LogP contribution in [-0.4, -0.2) is 48.4 Å². The molecule has 15 heavy (non-hydrogen) atoms. The molecule has 88 valence electrons. The second kappa shape index (κ2) is 6.27. The SMILES string of the molecule is CCN(C)C(=O)N(CC(N)=O)CC(C)C. The van der Waals surface area contributed by atoms with Gasteiger partial charge in [-0.25, -0.2) is 4.79 Å². The lowest BCUT2D eigenvalue weighted by atomic mass is 10.2. The van der Waals surface area contributed by atoms with E-state index in [-0.39, 0.29) is 12.6 Å². The minimum absolute atomic E-state index is 0.0125. The van der Waals surface area contributed by atoms with Crippen molar-refractivity contribution in [3.05, 3.63) is 0 Å². The Labute approximate surface area is 91.2 Å². The summed E-state index contributed by atoms with van der Waals surface area (Å²) in [6, 6.07) is -0.148. The molecule has 0 aromatic carbocycles. The second-order valence-electron chi connectivity index (χ2n) is 4.04. The maximum absolute atomic E-state index is 11.8. The molecule has 2 N–H and O–H groups in total. The number of carbonyl (C=O) groups excluding carboxylic acids is 2. The van der Waals surface area contributed by atoms with E-state index in [1.807, 2.05) is 20.8 Å². The summed E-state index contributed by atoms with van der Waals surface area (Å²) in [4.78, 5) is 25.6. The van der Waals surface area contributed by atoms with E-state index in [9.17, 15) is 9.59 Å². The highest BCUT2D eigenvalue weighted by molar-refractivity contribution is 5.82. The molecule has 0 atom stereocenters. The zero-order chi connectivity index (χ0) is 12.0. The van der Waals surface area contributed by atoms with Crippen molar-refractivity contribution >= 4 is 11.9 Å². The molecule has 0 radical (unpaired) electrons. The fraction of sp³-hybridized carbons (Fsp3) is 0.800. The molecule has 0 bridgehead atoms. The second-order valence-corrected chi connectivity index (χ2v) is 4.04. The van der Waals surface area contributed by atoms with Crippen molar-refractivity contribution < 1.29 is 9.59 Å². The number of hydrogen-bond acceptors (Lipinski definition) is 2. The zero-order valence-electron chi connectivity index (χ0n) is 9.99. The number of primary amides is 1. The summed E-state index contributed by atoms with van der Waals surface area (Å²) in [6.07, 6.45) is 0. The van der Waals surface area contributed by atoms with Crippen LogP contribution in [0.15, 0.2) is 0 Å². The molecule has 5 heteroatoms. The summed E-state index contributed by atoms with van der Waals surface area (Å²) in [7, 11) is 1.71. The molecule has 0 aliphatic rings. The molecule has 0 aliphatic heterocycles. The molecule has 0 aliphatic carbocycles. The van der Waals surface area contributed by atoms with E-state index < -0.39 is 5.91 Å². The topological polar surface area (TPSA) is 66.6 Å². The molecule has 0 saturated carbocycles. The Morgan fingerprint density at radius 3 is 2.20 bits per heavy atom. The van der Waals surface area contributed by atoms with Gasteiger partial charge in [0.05, 0.1) is 0 Å². The summed E-state index contributed by atoms with van der Waals surface area (Å²) in [5.41, 5.74) is 5.10. The first-order valence-corrected chi connectivity index (χ1v) is 5.16. The number of hydrogen-bond donors (Lipinski definition) is 1. The van der Waals surface area contributed by atoms with Gasteiger partial charge < -0.3 is 15.5 Å². The lowest BCUT2D eigenvalue weighted by Gasteiger charge is -2.27. The maximum atomic E-state index is 11.8. The fourth-order valence-electron chi connectivity index (χ4n) is 1.22. The van der Waals surface area contributed by atoms with Crippen molar-refractivity contribution in [2.75, 3.05) is 26.7 Å². The van der Waals surface area contributed by atoms with Gasteiger partial charge in [-0.05, 0) is 12.8 Å². The normalized spacial score (nSPS) is 10.2. The van der Waals surface area contributed by atoms with Gasteiger partial charge in [0.2, 0.25) is 5.91 Å². The monoisotopic (exact) mass is 215 g/mol. The Bertz CT molecular complexity index is 229. The van der Waals surface area contributed by atoms with E-state index in [0.717, 1.165) is 0 Å². The molecule has 0 aromatic rings. The van der Waals surface area contributed by atoms with Crippen molar-refractivity contribution in [2.45, 2.75) is 20.8 Å². The van der Waals surface area contributed by atoms with Crippen molar-refractivity contribution in [1.29, 1.82) is 0 Å². The van der Waals surface area contributed by atoms with E-state index in [2.05, 4.69) is 0 Å². The van der Waals surface area contributed by atoms with Crippen LogP contribution in [0.1, 0.15) is 20.8 Å². The predicted molar refractivity (Wildman–Crippen MR) is 59.3 cm³/mol. The van der Waals surface area contributed by atoms with Crippen molar-refractivity contribution in [3.63, 3.8) is 0 Å². The van der Waals surface area contributed by atoms with Crippen LogP contribution in [0.3, 0.4) is 0 Å². The molecule has 5 nitrogen and oxygen atoms in total. The number of amides is 3. The van der Waals surface area contributed by atoms with Gasteiger partial charge in [-0.1, -0.05) is 13.8 Å². The zero-order valence-corrected chi connectivity index (χ0v) is 9.99. The van der Waals surface area contributed by atoms with Gasteiger partial charge in [0, 0.05) is 20.1 Å². The van der Waals surface area contributed by atoms with Gasteiger partial charge in [-0.15, -0.1) is 0 Å². The third-order valence-electron chi connectivity index (χ3n) is 2.00. The van der Waals surface area contributed by atoms with Crippen LogP contribution in [0.25, 0.3) is 0 Å². The highest BCUT2D eigenvalue weighted by Gasteiger charge is 2.19. The predicted octanol–water partition coefficient (Wildman–Crippen LogP) is 0.501. The first-order valence-electron chi connectivity index (χ1n) is 5.16. The van der Waals surface area contributed by atoms with Crippen LogP contribution in [0, 0.1) is 5.92 Å². The molecule has 0 spiro atoms. The minimum Gasteiger partial charge on any atom is -0.368 e. The molecular formula is C10H21N3O2. The first-order chi connectivity index (χ1) is 6.88. The van der Waals surface area contributed by atoms with Gasteiger partial charge >= 0.3 is 6.03 Å². The van der Waals surface area contributed by atoms with Gasteiger partial charge in [-0.2, -0.15) is 0 Å². The lowest BCUT2D eigenvalue weighted by Crippen LogP contribution is -2.46. The highest BCUT2D eigenvalue weighted by atomic mass is 16.2. The van der Waals surface area contributed by atoms with Gasteiger partial charge in [-0.3, -0.25) is 4.79 Å². The number of rotatable bonds is 5. The summed E-state index contributed by atoms with van der Waals surface area (Å²) in [6.45, 7) is 7.02. The highest BCUT2D eigenvalue weighted by Crippen LogP contribution is 2.02. The van der Waals surface area contributed by atoms with Crippen LogP contribution in [0.5, 0.6) is 0 Å². The quantitative estimate of drug-likeness (QED) is 0.725. The van der Waals surface area contributed by atoms with Crippen LogP contribution >= 0.6 is 0 Å². The Morgan fingerprint density at radius 2 is 1.87 bits per heavy atom. The third kappa shape index (κ3) is 5.24. The molecule has 0 saturated heterocycles. The third-order valence-corrected chi connectivity index (χ3v) is 2.00. The van der Waals surface area contributed by atoms with E-state index >= 15 is 0 Å². The Kier molecular flexibility index (Phi) is 5.74. The average molecular weight is 215 g/mol. The van der Waals surface area contributed by atoms with Crippen molar-refractivity contribution in [1.82, 2.24) is 9.80 Å². The summed E-state index contributed by atoms with van der Waals surface area (Å²) < 4.78 is 0. The van der Waals surface area contributed by atoms with E-state index in [4.69, 9.17) is 5.73 Å². The summed E-state index contributed by atoms with van der Waals surface area (Å²) >= 11 is 0. The largest absolute Gasteiger partial charge is 0.368 e. The maximum Gasteiger partial charge on any atom is 0.320 e. The van der Waals surface area contributed by atoms with Crippen LogP contribution in [0.4, 0.5) is 4.79 Å². The molecular weight excluding hydrogens is 194 g/mol. The van der Waals surface area contributed by atoms with E-state index in [1.54, 1.807) is 11.9 Å². The Balaban J connectivity index is 4.47. The van der Waals surface area contributed by atoms with Crippen LogP contribution in [-0.2, 0) is 4.79 Å². The number of nitrogens with zero attached hydrogens (tertiary/aromatic N) is 2. The molecule has 3 amide bonds. The van der Waals surface area contributed by atoms with Gasteiger partial charge in [0.15, 0.2) is 0 Å². The molecule has 0 unspecified atom stereocenters. The Morgan fingerprint density at radius 1 is 1.33 bits per heavy atom. The smallest absolute Gasteiger partial charge is 0.320 e. The lowest BCUT2D eigenvalue weighted by molar-refractivity contribution is -0.118. The standard InChI is InChI=1S/C10H21N3O2/c1-5-12(4)10(15)13(6-8(2)3)7-9(11)14/h8H,5-7H2,1-4H3,(H2,11,14). The number of nitrogens with two attached hydrogens (primary N) is 1. The molecule has 0 heterocycles. The summed E-state index contributed by atoms with van der Waals surface area (Å²) in [5.74, 6) is -0.160. The first kappa shape index (κ1) is 13.7. The molecule has 0 fully saturated rings. The van der Waals surface area contributed by atoms with Crippen LogP contribution in [0.2, 0.25) is 0 Å². The van der Waals surface area contributed by atoms with Gasteiger partial charge in [0.25, 0.3) is 0 Å². The van der Waals surface area contributed by atoms with Crippen molar-refractivity contribution in [3.8, 4) is 0 Å². The average Bonchev–Trinajstić information content (AvgIpc) is 2.13. The number of urea groups is 1. The Hall–Kier alpha value is -1.26.